The summed E-state index contributed by atoms with van der Waals surface area (Å²) in [5.74, 6) is -2.10. The number of benzene rings is 1. The highest BCUT2D eigenvalue weighted by Gasteiger charge is 2.32. The van der Waals surface area contributed by atoms with E-state index in [4.69, 9.17) is 5.73 Å². The topological polar surface area (TPSA) is 55.5 Å². The van der Waals surface area contributed by atoms with Crippen molar-refractivity contribution in [2.45, 2.75) is 31.9 Å². The Bertz CT molecular complexity index is 409. The number of rotatable bonds is 4. The molecule has 0 bridgehead atoms. The molecule has 0 saturated carbocycles. The molecule has 1 aromatic carbocycles. The number of alkyl halides is 3. The molecule has 102 valence electrons. The minimum absolute atomic E-state index is 0.205. The lowest BCUT2D eigenvalue weighted by atomic mass is 10.0. The molecular formula is C11H13F4NO2. The van der Waals surface area contributed by atoms with Crippen LogP contribution in [0.15, 0.2) is 18.2 Å². The molecule has 18 heavy (non-hydrogen) atoms. The summed E-state index contributed by atoms with van der Waals surface area (Å²) in [5, 5.41) is 9.47. The number of nitrogens with two attached hydrogens (primary N) is 1. The van der Waals surface area contributed by atoms with Gasteiger partial charge in [-0.2, -0.15) is 0 Å². The van der Waals surface area contributed by atoms with E-state index in [1.807, 2.05) is 0 Å². The van der Waals surface area contributed by atoms with Crippen LogP contribution in [0.3, 0.4) is 0 Å². The molecule has 7 heteroatoms. The summed E-state index contributed by atoms with van der Waals surface area (Å²) in [7, 11) is 0. The summed E-state index contributed by atoms with van der Waals surface area (Å²) in [6.07, 6.45) is -5.49. The molecule has 2 atom stereocenters. The second kappa shape index (κ2) is 5.53. The van der Waals surface area contributed by atoms with Gasteiger partial charge in [-0.3, -0.25) is 0 Å². The largest absolute Gasteiger partial charge is 0.573 e. The van der Waals surface area contributed by atoms with Crippen LogP contribution in [0.4, 0.5) is 17.6 Å². The normalized spacial score (nSPS) is 15.3. The Kier molecular flexibility index (Phi) is 4.53. The van der Waals surface area contributed by atoms with Crippen LogP contribution in [-0.2, 0) is 0 Å². The molecule has 0 fully saturated rings. The van der Waals surface area contributed by atoms with Crippen LogP contribution in [0.25, 0.3) is 0 Å². The Morgan fingerprint density at radius 2 is 2.00 bits per heavy atom. The Morgan fingerprint density at radius 1 is 1.39 bits per heavy atom. The van der Waals surface area contributed by atoms with E-state index >= 15 is 0 Å². The molecule has 1 rings (SSSR count). The maximum atomic E-state index is 13.3. The highest BCUT2D eigenvalue weighted by atomic mass is 19.4. The summed E-state index contributed by atoms with van der Waals surface area (Å²) >= 11 is 0. The molecule has 0 aromatic heterocycles. The fraction of sp³-hybridized carbons (Fsp3) is 0.455. The molecule has 0 spiro atoms. The summed E-state index contributed by atoms with van der Waals surface area (Å²) in [6, 6.07) is 1.99. The van der Waals surface area contributed by atoms with Crippen LogP contribution in [-0.4, -0.2) is 17.6 Å². The Labute approximate surface area is 101 Å². The van der Waals surface area contributed by atoms with Crippen molar-refractivity contribution in [3.63, 3.8) is 0 Å². The van der Waals surface area contributed by atoms with Crippen LogP contribution >= 0.6 is 0 Å². The van der Waals surface area contributed by atoms with Gasteiger partial charge < -0.3 is 15.6 Å². The van der Waals surface area contributed by atoms with Crippen molar-refractivity contribution in [3.8, 4) is 5.75 Å². The third-order valence-electron chi connectivity index (χ3n) is 2.40. The SMILES string of the molecule is CC[C@@H](O)[C@@H](N)c1ccc(OC(F)(F)F)c(F)c1. The van der Waals surface area contributed by atoms with Gasteiger partial charge in [-0.15, -0.1) is 13.2 Å². The highest BCUT2D eigenvalue weighted by molar-refractivity contribution is 5.31. The third kappa shape index (κ3) is 3.85. The first kappa shape index (κ1) is 14.7. The first-order chi connectivity index (χ1) is 8.24. The van der Waals surface area contributed by atoms with E-state index in [1.165, 1.54) is 6.07 Å². The fourth-order valence-corrected chi connectivity index (χ4v) is 1.41. The molecule has 0 aliphatic carbocycles. The Morgan fingerprint density at radius 3 is 2.44 bits per heavy atom. The number of aliphatic hydroxyl groups is 1. The molecule has 0 heterocycles. The smallest absolute Gasteiger partial charge is 0.403 e. The second-order valence-electron chi connectivity index (χ2n) is 3.74. The maximum Gasteiger partial charge on any atom is 0.573 e. The molecule has 0 radical (unpaired) electrons. The van der Waals surface area contributed by atoms with Gasteiger partial charge in [-0.25, -0.2) is 4.39 Å². The van der Waals surface area contributed by atoms with Crippen molar-refractivity contribution in [1.29, 1.82) is 0 Å². The van der Waals surface area contributed by atoms with Crippen LogP contribution in [0.2, 0.25) is 0 Å². The summed E-state index contributed by atoms with van der Waals surface area (Å²) in [5.41, 5.74) is 5.82. The molecular weight excluding hydrogens is 254 g/mol. The number of hydrogen-bond donors (Lipinski definition) is 2. The first-order valence-corrected chi connectivity index (χ1v) is 5.23. The zero-order valence-corrected chi connectivity index (χ0v) is 9.54. The lowest BCUT2D eigenvalue weighted by molar-refractivity contribution is -0.275. The average molecular weight is 267 g/mol. The number of hydrogen-bond acceptors (Lipinski definition) is 3. The van der Waals surface area contributed by atoms with Gasteiger partial charge in [0.15, 0.2) is 11.6 Å². The third-order valence-corrected chi connectivity index (χ3v) is 2.40. The molecule has 0 aliphatic rings. The van der Waals surface area contributed by atoms with Gasteiger partial charge in [0.2, 0.25) is 0 Å². The van der Waals surface area contributed by atoms with E-state index in [0.717, 1.165) is 12.1 Å². The lowest BCUT2D eigenvalue weighted by Crippen LogP contribution is -2.25. The standard InChI is InChI=1S/C11H13F4NO2/c1-2-8(17)10(16)6-3-4-9(7(12)5-6)18-11(13,14)15/h3-5,8,10,17H,2,16H2,1H3/t8-,10+/m1/s1. The average Bonchev–Trinajstić information content (AvgIpc) is 2.28. The zero-order chi connectivity index (χ0) is 13.9. The summed E-state index contributed by atoms with van der Waals surface area (Å²) in [6.45, 7) is 1.68. The van der Waals surface area contributed by atoms with Gasteiger partial charge in [0, 0.05) is 0 Å². The van der Waals surface area contributed by atoms with Gasteiger partial charge in [0.05, 0.1) is 12.1 Å². The minimum atomic E-state index is -4.95. The van der Waals surface area contributed by atoms with Crippen molar-refractivity contribution in [3.05, 3.63) is 29.6 Å². The van der Waals surface area contributed by atoms with Gasteiger partial charge in [-0.1, -0.05) is 13.0 Å². The van der Waals surface area contributed by atoms with Crippen LogP contribution in [0, 0.1) is 5.82 Å². The predicted molar refractivity (Wildman–Crippen MR) is 56.3 cm³/mol. The molecule has 3 nitrogen and oxygen atoms in total. The maximum absolute atomic E-state index is 13.3. The number of halogens is 4. The lowest BCUT2D eigenvalue weighted by Gasteiger charge is -2.18. The quantitative estimate of drug-likeness (QED) is 0.824. The van der Waals surface area contributed by atoms with Crippen LogP contribution in [0.5, 0.6) is 5.75 Å². The monoisotopic (exact) mass is 267 g/mol. The van der Waals surface area contributed by atoms with E-state index in [2.05, 4.69) is 4.74 Å². The molecule has 0 aliphatic heterocycles. The Balaban J connectivity index is 2.92. The van der Waals surface area contributed by atoms with Crippen molar-refractivity contribution >= 4 is 0 Å². The van der Waals surface area contributed by atoms with Crippen molar-refractivity contribution < 1.29 is 27.4 Å². The van der Waals surface area contributed by atoms with Gasteiger partial charge in [0.1, 0.15) is 0 Å². The summed E-state index contributed by atoms with van der Waals surface area (Å²) < 4.78 is 52.6. The van der Waals surface area contributed by atoms with E-state index in [-0.39, 0.29) is 5.56 Å². The molecule has 0 saturated heterocycles. The molecule has 0 amide bonds. The van der Waals surface area contributed by atoms with Crippen LogP contribution < -0.4 is 10.5 Å². The number of ether oxygens (including phenoxy) is 1. The van der Waals surface area contributed by atoms with E-state index < -0.39 is 30.1 Å². The summed E-state index contributed by atoms with van der Waals surface area (Å²) in [4.78, 5) is 0. The van der Waals surface area contributed by atoms with Crippen LogP contribution in [0.1, 0.15) is 24.9 Å². The minimum Gasteiger partial charge on any atom is -0.403 e. The van der Waals surface area contributed by atoms with E-state index in [0.29, 0.717) is 6.42 Å². The van der Waals surface area contributed by atoms with Gasteiger partial charge in [-0.05, 0) is 24.1 Å². The predicted octanol–water partition coefficient (Wildman–Crippen LogP) is 2.50. The van der Waals surface area contributed by atoms with Gasteiger partial charge in [0.25, 0.3) is 0 Å². The van der Waals surface area contributed by atoms with E-state index in [9.17, 15) is 22.7 Å². The second-order valence-corrected chi connectivity index (χ2v) is 3.74. The first-order valence-electron chi connectivity index (χ1n) is 5.23. The fourth-order valence-electron chi connectivity index (χ4n) is 1.41. The van der Waals surface area contributed by atoms with Crippen molar-refractivity contribution in [2.75, 3.05) is 0 Å². The molecule has 1 aromatic rings. The highest BCUT2D eigenvalue weighted by Crippen LogP contribution is 2.28. The van der Waals surface area contributed by atoms with Crippen molar-refractivity contribution in [1.82, 2.24) is 0 Å². The molecule has 0 unspecified atom stereocenters. The zero-order valence-electron chi connectivity index (χ0n) is 9.54. The molecule has 3 N–H and O–H groups in total. The van der Waals surface area contributed by atoms with Gasteiger partial charge >= 0.3 is 6.36 Å². The van der Waals surface area contributed by atoms with E-state index in [1.54, 1.807) is 6.92 Å². The Hall–Kier alpha value is -1.34. The van der Waals surface area contributed by atoms with Crippen molar-refractivity contribution in [2.24, 2.45) is 5.73 Å². The number of aliphatic hydroxyl groups excluding tert-OH is 1.